The molecule has 3 fully saturated rings. The maximum absolute atomic E-state index is 13.6. The van der Waals surface area contributed by atoms with Gasteiger partial charge < -0.3 is 14.7 Å². The number of piperidine rings is 1. The summed E-state index contributed by atoms with van der Waals surface area (Å²) < 4.78 is 1.06. The molecule has 1 spiro atoms. The summed E-state index contributed by atoms with van der Waals surface area (Å²) in [5, 5.41) is 0.648. The van der Waals surface area contributed by atoms with Crippen LogP contribution in [-0.2, 0) is 22.6 Å². The fourth-order valence-electron chi connectivity index (χ4n) is 7.07. The van der Waals surface area contributed by atoms with E-state index in [-0.39, 0.29) is 11.3 Å². The summed E-state index contributed by atoms with van der Waals surface area (Å²) in [7, 11) is 0. The van der Waals surface area contributed by atoms with Gasteiger partial charge in [-0.3, -0.25) is 9.59 Å². The SMILES string of the molecule is O=C(Cc1ccccc1Cl)N1C[C@H](CN2CCC3(CC2)CCN(Cc2ccc(Br)cc2)C3=O)[C@@H](c2ccccc2)C1. The monoisotopic (exact) mass is 633 g/mol. The normalized spacial score (nSPS) is 22.5. The second-order valence-corrected chi connectivity index (χ2v) is 13.4. The van der Waals surface area contributed by atoms with Gasteiger partial charge in [0.1, 0.15) is 0 Å². The van der Waals surface area contributed by atoms with Crippen molar-refractivity contribution in [3.63, 3.8) is 0 Å². The maximum atomic E-state index is 13.6. The fourth-order valence-corrected chi connectivity index (χ4v) is 7.53. The van der Waals surface area contributed by atoms with Crippen molar-refractivity contribution in [2.45, 2.75) is 38.1 Å². The van der Waals surface area contributed by atoms with Gasteiger partial charge in [0.15, 0.2) is 0 Å². The largest absolute Gasteiger partial charge is 0.341 e. The molecular formula is C34H37BrClN3O2. The molecule has 0 saturated carbocycles. The predicted octanol–water partition coefficient (Wildman–Crippen LogP) is 6.40. The molecule has 0 N–H and O–H groups in total. The molecule has 0 bridgehead atoms. The molecule has 3 aliphatic rings. The molecule has 214 valence electrons. The lowest BCUT2D eigenvalue weighted by atomic mass is 9.76. The summed E-state index contributed by atoms with van der Waals surface area (Å²) in [6.07, 6.45) is 3.12. The van der Waals surface area contributed by atoms with Gasteiger partial charge in [0.2, 0.25) is 11.8 Å². The molecule has 0 unspecified atom stereocenters. The van der Waals surface area contributed by atoms with Gasteiger partial charge in [-0.15, -0.1) is 0 Å². The van der Waals surface area contributed by atoms with E-state index < -0.39 is 0 Å². The van der Waals surface area contributed by atoms with Crippen LogP contribution in [-0.4, -0.2) is 65.8 Å². The third-order valence-corrected chi connectivity index (χ3v) is 10.4. The van der Waals surface area contributed by atoms with Gasteiger partial charge in [0, 0.05) is 48.1 Å². The molecule has 2 atom stereocenters. The number of carbonyl (C=O) groups excluding carboxylic acids is 2. The minimum Gasteiger partial charge on any atom is -0.341 e. The van der Waals surface area contributed by atoms with Crippen LogP contribution >= 0.6 is 27.5 Å². The van der Waals surface area contributed by atoms with Gasteiger partial charge in [0.25, 0.3) is 0 Å². The molecule has 2 amide bonds. The molecule has 0 aliphatic carbocycles. The molecular weight excluding hydrogens is 598 g/mol. The zero-order chi connectivity index (χ0) is 28.4. The van der Waals surface area contributed by atoms with Crippen molar-refractivity contribution in [3.8, 4) is 0 Å². The van der Waals surface area contributed by atoms with Gasteiger partial charge in [-0.05, 0) is 73.2 Å². The number of amides is 2. The van der Waals surface area contributed by atoms with Gasteiger partial charge >= 0.3 is 0 Å². The number of halogens is 2. The Morgan fingerprint density at radius 3 is 2.29 bits per heavy atom. The lowest BCUT2D eigenvalue weighted by Crippen LogP contribution is -2.46. The second-order valence-electron chi connectivity index (χ2n) is 12.0. The maximum Gasteiger partial charge on any atom is 0.229 e. The molecule has 3 aliphatic heterocycles. The number of hydrogen-bond acceptors (Lipinski definition) is 3. The first-order chi connectivity index (χ1) is 19.9. The standard InChI is InChI=1S/C34H37BrClN3O2/c35-29-12-10-25(11-13-29)21-38-19-16-34(33(38)41)14-17-37(18-15-34)22-28-23-39(24-30(28)26-6-2-1-3-7-26)32(40)20-27-8-4-5-9-31(27)36/h1-13,28,30H,14-24H2/t28-,30+/m0/s1. The van der Waals surface area contributed by atoms with Crippen LogP contribution in [0.3, 0.4) is 0 Å². The van der Waals surface area contributed by atoms with Crippen LogP contribution in [0.2, 0.25) is 5.02 Å². The minimum absolute atomic E-state index is 0.140. The summed E-state index contributed by atoms with van der Waals surface area (Å²) in [5.41, 5.74) is 3.15. The summed E-state index contributed by atoms with van der Waals surface area (Å²) in [6.45, 7) is 5.84. The smallest absolute Gasteiger partial charge is 0.229 e. The molecule has 3 aromatic carbocycles. The molecule has 3 saturated heterocycles. The predicted molar refractivity (Wildman–Crippen MR) is 167 cm³/mol. The van der Waals surface area contributed by atoms with Gasteiger partial charge in [-0.2, -0.15) is 0 Å². The molecule has 7 heteroatoms. The van der Waals surface area contributed by atoms with Crippen molar-refractivity contribution in [3.05, 3.63) is 105 Å². The van der Waals surface area contributed by atoms with Crippen LogP contribution in [0, 0.1) is 11.3 Å². The summed E-state index contributed by atoms with van der Waals surface area (Å²) in [5.74, 6) is 1.13. The van der Waals surface area contributed by atoms with Gasteiger partial charge in [-0.25, -0.2) is 0 Å². The van der Waals surface area contributed by atoms with E-state index in [0.29, 0.717) is 35.7 Å². The first kappa shape index (κ1) is 28.4. The topological polar surface area (TPSA) is 43.9 Å². The molecule has 41 heavy (non-hydrogen) atoms. The van der Waals surface area contributed by atoms with Crippen LogP contribution in [0.5, 0.6) is 0 Å². The number of rotatable bonds is 7. The first-order valence-electron chi connectivity index (χ1n) is 14.7. The van der Waals surface area contributed by atoms with Crippen molar-refractivity contribution in [1.29, 1.82) is 0 Å². The van der Waals surface area contributed by atoms with Crippen molar-refractivity contribution in [2.24, 2.45) is 11.3 Å². The Labute approximate surface area is 256 Å². The van der Waals surface area contributed by atoms with Crippen LogP contribution in [0.15, 0.2) is 83.3 Å². The number of carbonyl (C=O) groups is 2. The third kappa shape index (κ3) is 6.25. The average Bonchev–Trinajstić information content (AvgIpc) is 3.54. The zero-order valence-electron chi connectivity index (χ0n) is 23.4. The van der Waals surface area contributed by atoms with Crippen LogP contribution < -0.4 is 0 Å². The van der Waals surface area contributed by atoms with Crippen molar-refractivity contribution >= 4 is 39.3 Å². The highest BCUT2D eigenvalue weighted by atomic mass is 79.9. The molecule has 5 nitrogen and oxygen atoms in total. The van der Waals surface area contributed by atoms with E-state index >= 15 is 0 Å². The Kier molecular flexibility index (Phi) is 8.52. The zero-order valence-corrected chi connectivity index (χ0v) is 25.7. The average molecular weight is 635 g/mol. The van der Waals surface area contributed by atoms with E-state index in [1.54, 1.807) is 0 Å². The van der Waals surface area contributed by atoms with Gasteiger partial charge in [0.05, 0.1) is 11.8 Å². The molecule has 0 aromatic heterocycles. The van der Waals surface area contributed by atoms with E-state index in [1.807, 2.05) is 41.3 Å². The van der Waals surface area contributed by atoms with E-state index in [0.717, 1.165) is 68.6 Å². The quantitative estimate of drug-likeness (QED) is 0.302. The van der Waals surface area contributed by atoms with Crippen molar-refractivity contribution in [1.82, 2.24) is 14.7 Å². The number of hydrogen-bond donors (Lipinski definition) is 0. The number of benzene rings is 3. The van der Waals surface area contributed by atoms with Crippen LogP contribution in [0.4, 0.5) is 0 Å². The molecule has 6 rings (SSSR count). The third-order valence-electron chi connectivity index (χ3n) is 9.51. The Hall–Kier alpha value is -2.67. The Balaban J connectivity index is 1.09. The lowest BCUT2D eigenvalue weighted by molar-refractivity contribution is -0.139. The van der Waals surface area contributed by atoms with Gasteiger partial charge in [-0.1, -0.05) is 88.2 Å². The van der Waals surface area contributed by atoms with Crippen molar-refractivity contribution in [2.75, 3.05) is 39.3 Å². The highest BCUT2D eigenvalue weighted by Gasteiger charge is 2.48. The highest BCUT2D eigenvalue weighted by Crippen LogP contribution is 2.43. The number of likely N-dealkylation sites (tertiary alicyclic amines) is 3. The van der Waals surface area contributed by atoms with Crippen LogP contribution in [0.1, 0.15) is 41.9 Å². The van der Waals surface area contributed by atoms with Crippen LogP contribution in [0.25, 0.3) is 0 Å². The van der Waals surface area contributed by atoms with E-state index in [9.17, 15) is 9.59 Å². The second kappa shape index (κ2) is 12.3. The Morgan fingerprint density at radius 2 is 1.56 bits per heavy atom. The summed E-state index contributed by atoms with van der Waals surface area (Å²) >= 11 is 9.87. The highest BCUT2D eigenvalue weighted by molar-refractivity contribution is 9.10. The van der Waals surface area contributed by atoms with Crippen molar-refractivity contribution < 1.29 is 9.59 Å². The summed E-state index contributed by atoms with van der Waals surface area (Å²) in [4.78, 5) is 33.6. The number of nitrogens with zero attached hydrogens (tertiary/aromatic N) is 3. The van der Waals surface area contributed by atoms with E-state index in [4.69, 9.17) is 11.6 Å². The molecule has 3 aromatic rings. The first-order valence-corrected chi connectivity index (χ1v) is 15.9. The Morgan fingerprint density at radius 1 is 0.878 bits per heavy atom. The summed E-state index contributed by atoms with van der Waals surface area (Å²) in [6, 6.07) is 26.5. The fraction of sp³-hybridized carbons (Fsp3) is 0.412. The van der Waals surface area contributed by atoms with E-state index in [2.05, 4.69) is 68.2 Å². The molecule has 3 heterocycles. The lowest BCUT2D eigenvalue weighted by Gasteiger charge is -2.39. The van der Waals surface area contributed by atoms with E-state index in [1.165, 1.54) is 11.1 Å². The molecule has 0 radical (unpaired) electrons. The minimum atomic E-state index is -0.211. The Bertz CT molecular complexity index is 1370.